The number of nitrogens with zero attached hydrogens (tertiary/aromatic N) is 5. The van der Waals surface area contributed by atoms with Crippen LogP contribution in [-0.2, 0) is 27.3 Å². The van der Waals surface area contributed by atoms with Crippen molar-refractivity contribution < 1.29 is 46.8 Å². The molecule has 4 N–H and O–H groups in total. The SMILES string of the molecule is CCN(CC)c1ncnc2c1ncn2C1CCC(COP(=O)(O)OP(=O)(O)C(Br)(Br)P(=O)(O)O)O1. The van der Waals surface area contributed by atoms with Gasteiger partial charge in [-0.05, 0) is 58.5 Å². The maximum atomic E-state index is 12.2. The monoisotopic (exact) mass is 685 g/mol. The van der Waals surface area contributed by atoms with Crippen molar-refractivity contribution in [3.05, 3.63) is 12.7 Å². The average molecular weight is 687 g/mol. The second-order valence-corrected chi connectivity index (χ2v) is 19.0. The topological polar surface area (TPSA) is 207 Å². The first kappa shape index (κ1) is 29.3. The van der Waals surface area contributed by atoms with Crippen molar-refractivity contribution in [1.29, 1.82) is 0 Å². The van der Waals surface area contributed by atoms with E-state index in [0.29, 0.717) is 29.8 Å². The van der Waals surface area contributed by atoms with Crippen LogP contribution >= 0.6 is 54.9 Å². The standard InChI is InChI=1S/C15H24Br2N5O10P3/c1-3-21(4-2)13-12-14(19-8-18-13)22(9-20-12)11-6-5-10(31-11)7-30-35(28,29)32-34(26,27)15(16,17)33(23,24)25/h8-11H,3-7H2,1-2H3,(H,26,27)(H,28,29)(H2,23,24,25). The predicted molar refractivity (Wildman–Crippen MR) is 131 cm³/mol. The van der Waals surface area contributed by atoms with Crippen molar-refractivity contribution in [2.24, 2.45) is 0 Å². The van der Waals surface area contributed by atoms with Gasteiger partial charge in [0.2, 0.25) is 0 Å². The predicted octanol–water partition coefficient (Wildman–Crippen LogP) is 3.25. The van der Waals surface area contributed by atoms with E-state index in [1.165, 1.54) is 6.33 Å². The van der Waals surface area contributed by atoms with E-state index in [2.05, 4.69) is 51.1 Å². The maximum absolute atomic E-state index is 12.2. The second kappa shape index (κ2) is 10.8. The van der Waals surface area contributed by atoms with Gasteiger partial charge in [-0.1, -0.05) is 0 Å². The van der Waals surface area contributed by atoms with E-state index < -0.39 is 44.7 Å². The van der Waals surface area contributed by atoms with E-state index in [0.717, 1.165) is 13.1 Å². The van der Waals surface area contributed by atoms with Crippen molar-refractivity contribution in [2.45, 2.75) is 41.7 Å². The highest BCUT2D eigenvalue weighted by Crippen LogP contribution is 2.81. The zero-order valence-electron chi connectivity index (χ0n) is 18.4. The third-order valence-electron chi connectivity index (χ3n) is 5.13. The number of fused-ring (bicyclic) bond motifs is 1. The highest BCUT2D eigenvalue weighted by atomic mass is 79.9. The Labute approximate surface area is 216 Å². The first-order valence-electron chi connectivity index (χ1n) is 10.2. The molecule has 1 saturated heterocycles. The number of hydrogen-bond donors (Lipinski definition) is 4. The van der Waals surface area contributed by atoms with Crippen LogP contribution in [0.2, 0.25) is 0 Å². The van der Waals surface area contributed by atoms with Gasteiger partial charge in [0, 0.05) is 13.1 Å². The van der Waals surface area contributed by atoms with Crippen LogP contribution in [0.3, 0.4) is 0 Å². The average Bonchev–Trinajstić information content (AvgIpc) is 3.39. The van der Waals surface area contributed by atoms with Gasteiger partial charge in [-0.25, -0.2) is 23.8 Å². The fourth-order valence-corrected chi connectivity index (χ4v) is 8.24. The Hall–Kier alpha value is -0.280. The first-order valence-corrected chi connectivity index (χ1v) is 16.4. The Kier molecular flexibility index (Phi) is 9.06. The molecular weight excluding hydrogens is 663 g/mol. The van der Waals surface area contributed by atoms with Crippen LogP contribution in [0, 0.1) is 0 Å². The second-order valence-electron chi connectivity index (χ2n) is 7.40. The van der Waals surface area contributed by atoms with Gasteiger partial charge in [-0.2, -0.15) is 0 Å². The molecule has 4 atom stereocenters. The van der Waals surface area contributed by atoms with Crippen molar-refractivity contribution in [3.8, 4) is 0 Å². The van der Waals surface area contributed by atoms with Gasteiger partial charge in [-0.15, -0.1) is 0 Å². The maximum Gasteiger partial charge on any atom is 0.479 e. The van der Waals surface area contributed by atoms with E-state index in [1.54, 1.807) is 10.9 Å². The Balaban J connectivity index is 1.67. The van der Waals surface area contributed by atoms with Crippen LogP contribution in [0.4, 0.5) is 5.82 Å². The third kappa shape index (κ3) is 6.24. The molecule has 0 spiro atoms. The molecule has 1 aliphatic heterocycles. The molecule has 0 radical (unpaired) electrons. The molecule has 2 aromatic heterocycles. The molecule has 0 amide bonds. The molecule has 2 aromatic rings. The summed E-state index contributed by atoms with van der Waals surface area (Å²) in [4.78, 5) is 53.2. The highest BCUT2D eigenvalue weighted by Gasteiger charge is 2.61. The number of anilines is 1. The molecule has 198 valence electrons. The molecule has 1 aliphatic rings. The van der Waals surface area contributed by atoms with Crippen LogP contribution in [0.25, 0.3) is 11.2 Å². The zero-order valence-corrected chi connectivity index (χ0v) is 24.3. The van der Waals surface area contributed by atoms with E-state index >= 15 is 0 Å². The molecule has 0 aromatic carbocycles. The summed E-state index contributed by atoms with van der Waals surface area (Å²) >= 11 is 4.70. The van der Waals surface area contributed by atoms with E-state index in [1.807, 2.05) is 18.7 Å². The van der Waals surface area contributed by atoms with Gasteiger partial charge < -0.3 is 29.2 Å². The summed E-state index contributed by atoms with van der Waals surface area (Å²) in [7, 11) is -16.0. The molecule has 4 unspecified atom stereocenters. The van der Waals surface area contributed by atoms with Gasteiger partial charge in [-0.3, -0.25) is 18.2 Å². The Morgan fingerprint density at radius 3 is 2.40 bits per heavy atom. The lowest BCUT2D eigenvalue weighted by Gasteiger charge is -2.27. The van der Waals surface area contributed by atoms with Gasteiger partial charge >= 0.3 is 23.0 Å². The molecular formula is C15H24Br2N5O10P3. The van der Waals surface area contributed by atoms with E-state index in [9.17, 15) is 33.3 Å². The summed E-state index contributed by atoms with van der Waals surface area (Å²) in [6.45, 7) is 4.97. The summed E-state index contributed by atoms with van der Waals surface area (Å²) in [5.41, 5.74) is 1.15. The molecule has 0 saturated carbocycles. The van der Waals surface area contributed by atoms with Gasteiger partial charge in [0.1, 0.15) is 12.6 Å². The Morgan fingerprint density at radius 1 is 1.14 bits per heavy atom. The molecule has 3 heterocycles. The summed E-state index contributed by atoms with van der Waals surface area (Å²) < 4.78 is 49.4. The molecule has 15 nitrogen and oxygen atoms in total. The summed E-state index contributed by atoms with van der Waals surface area (Å²) in [5, 5.41) is 0. The number of halogens is 2. The van der Waals surface area contributed by atoms with Crippen LogP contribution in [0.5, 0.6) is 0 Å². The van der Waals surface area contributed by atoms with Gasteiger partial charge in [0.15, 0.2) is 17.0 Å². The first-order chi connectivity index (χ1) is 16.1. The molecule has 0 aliphatic carbocycles. The molecule has 0 bridgehead atoms. The lowest BCUT2D eigenvalue weighted by molar-refractivity contribution is -0.0202. The lowest BCUT2D eigenvalue weighted by Crippen LogP contribution is -2.23. The minimum atomic E-state index is -5.44. The van der Waals surface area contributed by atoms with Crippen molar-refractivity contribution in [3.63, 3.8) is 0 Å². The van der Waals surface area contributed by atoms with Crippen LogP contribution < -0.4 is 4.90 Å². The van der Waals surface area contributed by atoms with Crippen LogP contribution in [0.15, 0.2) is 12.7 Å². The van der Waals surface area contributed by atoms with Crippen LogP contribution in [0.1, 0.15) is 32.9 Å². The number of phosphoric ester groups is 1. The smallest absolute Gasteiger partial charge is 0.355 e. The summed E-state index contributed by atoms with van der Waals surface area (Å²) in [5.74, 6) is 0.688. The molecule has 20 heteroatoms. The van der Waals surface area contributed by atoms with E-state index in [4.69, 9.17) is 9.26 Å². The summed E-state index contributed by atoms with van der Waals surface area (Å²) in [6.07, 6.45) is 2.69. The number of imidazole rings is 1. The zero-order chi connectivity index (χ0) is 26.2. The fourth-order valence-electron chi connectivity index (χ4n) is 3.37. The molecule has 35 heavy (non-hydrogen) atoms. The number of alkyl halides is 2. The van der Waals surface area contributed by atoms with Gasteiger partial charge in [0.25, 0.3) is 2.72 Å². The fraction of sp³-hybridized carbons (Fsp3) is 0.667. The largest absolute Gasteiger partial charge is 0.479 e. The molecule has 3 rings (SSSR count). The number of rotatable bonds is 11. The number of hydrogen-bond acceptors (Lipinski definition) is 10. The van der Waals surface area contributed by atoms with Crippen LogP contribution in [-0.4, -0.2) is 67.6 Å². The number of aromatic nitrogens is 4. The summed E-state index contributed by atoms with van der Waals surface area (Å²) in [6, 6.07) is 0. The van der Waals surface area contributed by atoms with Crippen molar-refractivity contribution in [1.82, 2.24) is 19.5 Å². The van der Waals surface area contributed by atoms with E-state index in [-0.39, 0.29) is 0 Å². The normalized spacial score (nSPS) is 22.7. The lowest BCUT2D eigenvalue weighted by atomic mass is 10.2. The molecule has 1 fully saturated rings. The quantitative estimate of drug-likeness (QED) is 0.198. The van der Waals surface area contributed by atoms with Crippen molar-refractivity contribution >= 4 is 71.9 Å². The van der Waals surface area contributed by atoms with Crippen molar-refractivity contribution in [2.75, 3.05) is 24.6 Å². The third-order valence-corrected chi connectivity index (χ3v) is 15.7. The Bertz CT molecular complexity index is 1210. The highest BCUT2D eigenvalue weighted by molar-refractivity contribution is 9.29. The minimum Gasteiger partial charge on any atom is -0.355 e. The minimum absolute atomic E-state index is 0.401. The number of ether oxygens (including phenoxy) is 1. The Morgan fingerprint density at radius 2 is 1.80 bits per heavy atom. The van der Waals surface area contributed by atoms with Gasteiger partial charge in [0.05, 0.1) is 19.0 Å². The number of phosphoric acid groups is 1.